The van der Waals surface area contributed by atoms with Crippen LogP contribution >= 0.6 is 0 Å². The molecule has 0 fully saturated rings. The number of hydrogen-bond donors (Lipinski definition) is 6. The molecule has 25 heavy (non-hydrogen) atoms. The number of aromatic nitrogens is 4. The molecular formula is C15H17N7O3. The first-order valence-electron chi connectivity index (χ1n) is 7.47. The lowest BCUT2D eigenvalue weighted by Crippen LogP contribution is -2.38. The van der Waals surface area contributed by atoms with Crippen molar-refractivity contribution < 1.29 is 15.0 Å². The number of amides is 1. The SMILES string of the molecule is Nc1nccc(-c2c[nH]c3nccc(N[C@@H](CO)CNC(=O)O)c23)n1. The first-order chi connectivity index (χ1) is 12.1. The largest absolute Gasteiger partial charge is 0.465 e. The number of H-pyrrole nitrogens is 1. The van der Waals surface area contributed by atoms with Gasteiger partial charge >= 0.3 is 6.09 Å². The molecule has 3 aromatic heterocycles. The van der Waals surface area contributed by atoms with Gasteiger partial charge < -0.3 is 31.6 Å². The summed E-state index contributed by atoms with van der Waals surface area (Å²) in [6.45, 7) is -0.194. The predicted octanol–water partition coefficient (Wildman–Crippen LogP) is 0.642. The fourth-order valence-corrected chi connectivity index (χ4v) is 2.49. The van der Waals surface area contributed by atoms with Gasteiger partial charge in [-0.3, -0.25) is 0 Å². The minimum absolute atomic E-state index is 0.0514. The summed E-state index contributed by atoms with van der Waals surface area (Å²) in [4.78, 5) is 26.1. The number of rotatable bonds is 6. The zero-order valence-electron chi connectivity index (χ0n) is 13.1. The number of aliphatic hydroxyl groups excluding tert-OH is 1. The van der Waals surface area contributed by atoms with Crippen molar-refractivity contribution in [1.29, 1.82) is 0 Å². The topological polar surface area (TPSA) is 162 Å². The summed E-state index contributed by atoms with van der Waals surface area (Å²) in [7, 11) is 0. The molecule has 1 atom stereocenters. The van der Waals surface area contributed by atoms with E-state index in [1.807, 2.05) is 0 Å². The molecule has 1 amide bonds. The molecule has 0 aliphatic carbocycles. The van der Waals surface area contributed by atoms with Crippen molar-refractivity contribution in [3.63, 3.8) is 0 Å². The number of nitrogen functional groups attached to an aromatic ring is 1. The van der Waals surface area contributed by atoms with Crippen LogP contribution in [0.4, 0.5) is 16.4 Å². The standard InChI is InChI=1S/C15H17N7O3/c16-14-18-4-1-10(22-14)9-6-19-13-12(9)11(2-3-17-13)21-8(7-23)5-20-15(24)25/h1-4,6,8,20,23H,5,7H2,(H,24,25)(H2,16,18,22)(H2,17,19,21)/t8-/m1/s1. The normalized spacial score (nSPS) is 12.0. The quantitative estimate of drug-likeness (QED) is 0.380. The molecule has 3 rings (SSSR count). The van der Waals surface area contributed by atoms with Crippen molar-refractivity contribution in [2.45, 2.75) is 6.04 Å². The second kappa shape index (κ2) is 7.01. The number of nitrogens with zero attached hydrogens (tertiary/aromatic N) is 3. The van der Waals surface area contributed by atoms with Crippen LogP contribution in [-0.2, 0) is 0 Å². The second-order valence-electron chi connectivity index (χ2n) is 5.29. The van der Waals surface area contributed by atoms with Gasteiger partial charge in [0, 0.05) is 36.4 Å². The molecule has 0 aromatic carbocycles. The van der Waals surface area contributed by atoms with Gasteiger partial charge in [-0.1, -0.05) is 0 Å². The predicted molar refractivity (Wildman–Crippen MR) is 92.1 cm³/mol. The summed E-state index contributed by atoms with van der Waals surface area (Å²) in [5, 5.41) is 24.3. The van der Waals surface area contributed by atoms with Crippen molar-refractivity contribution in [3.8, 4) is 11.3 Å². The Morgan fingerprint density at radius 3 is 2.84 bits per heavy atom. The van der Waals surface area contributed by atoms with Gasteiger partial charge in [0.2, 0.25) is 5.95 Å². The summed E-state index contributed by atoms with van der Waals surface area (Å²) in [5.41, 5.74) is 8.36. The molecule has 0 spiro atoms. The van der Waals surface area contributed by atoms with E-state index < -0.39 is 12.1 Å². The molecule has 10 nitrogen and oxygen atoms in total. The van der Waals surface area contributed by atoms with E-state index in [4.69, 9.17) is 10.8 Å². The third kappa shape index (κ3) is 3.58. The van der Waals surface area contributed by atoms with Crippen LogP contribution in [-0.4, -0.2) is 55.4 Å². The van der Waals surface area contributed by atoms with Gasteiger partial charge in [0.1, 0.15) is 5.65 Å². The molecular weight excluding hydrogens is 326 g/mol. The molecule has 0 saturated carbocycles. The van der Waals surface area contributed by atoms with Gasteiger partial charge in [0.25, 0.3) is 0 Å². The number of aliphatic hydroxyl groups is 1. The molecule has 0 saturated heterocycles. The van der Waals surface area contributed by atoms with Gasteiger partial charge in [-0.25, -0.2) is 19.7 Å². The van der Waals surface area contributed by atoms with Gasteiger partial charge in [0.05, 0.1) is 23.7 Å². The summed E-state index contributed by atoms with van der Waals surface area (Å²) in [6.07, 6.45) is 3.78. The maximum absolute atomic E-state index is 10.7. The number of carboxylic acid groups (broad SMARTS) is 1. The van der Waals surface area contributed by atoms with Crippen molar-refractivity contribution in [2.75, 3.05) is 24.2 Å². The molecule has 0 unspecified atom stereocenters. The van der Waals surface area contributed by atoms with E-state index in [1.54, 1.807) is 30.7 Å². The Morgan fingerprint density at radius 1 is 1.32 bits per heavy atom. The fourth-order valence-electron chi connectivity index (χ4n) is 2.49. The summed E-state index contributed by atoms with van der Waals surface area (Å²) in [6, 6.07) is 2.97. The molecule has 0 aliphatic heterocycles. The highest BCUT2D eigenvalue weighted by molar-refractivity contribution is 6.01. The fraction of sp³-hybridized carbons (Fsp3) is 0.200. The first-order valence-corrected chi connectivity index (χ1v) is 7.47. The third-order valence-electron chi connectivity index (χ3n) is 3.60. The van der Waals surface area contributed by atoms with E-state index in [1.165, 1.54) is 0 Å². The molecule has 10 heteroatoms. The molecule has 3 aromatic rings. The van der Waals surface area contributed by atoms with Crippen molar-refractivity contribution in [1.82, 2.24) is 25.3 Å². The van der Waals surface area contributed by atoms with E-state index in [2.05, 4.69) is 30.6 Å². The van der Waals surface area contributed by atoms with E-state index in [0.717, 1.165) is 10.9 Å². The van der Waals surface area contributed by atoms with E-state index in [0.29, 0.717) is 17.0 Å². The van der Waals surface area contributed by atoms with E-state index in [-0.39, 0.29) is 19.1 Å². The second-order valence-corrected chi connectivity index (χ2v) is 5.29. The minimum Gasteiger partial charge on any atom is -0.465 e. The van der Waals surface area contributed by atoms with Crippen LogP contribution in [0, 0.1) is 0 Å². The smallest absolute Gasteiger partial charge is 0.404 e. The highest BCUT2D eigenvalue weighted by Gasteiger charge is 2.16. The van der Waals surface area contributed by atoms with Crippen LogP contribution in [0.25, 0.3) is 22.3 Å². The van der Waals surface area contributed by atoms with Crippen molar-refractivity contribution in [2.24, 2.45) is 0 Å². The maximum Gasteiger partial charge on any atom is 0.404 e. The Bertz CT molecular complexity index is 896. The lowest BCUT2D eigenvalue weighted by molar-refractivity contribution is 0.191. The molecule has 0 radical (unpaired) electrons. The summed E-state index contributed by atoms with van der Waals surface area (Å²) in [5.74, 6) is 0.157. The Balaban J connectivity index is 1.98. The van der Waals surface area contributed by atoms with Crippen LogP contribution in [0.5, 0.6) is 0 Å². The first kappa shape index (κ1) is 16.5. The highest BCUT2D eigenvalue weighted by Crippen LogP contribution is 2.32. The molecule has 7 N–H and O–H groups in total. The number of aromatic amines is 1. The molecule has 3 heterocycles. The third-order valence-corrected chi connectivity index (χ3v) is 3.60. The number of fused-ring (bicyclic) bond motifs is 1. The number of hydrogen-bond acceptors (Lipinski definition) is 7. The molecule has 130 valence electrons. The van der Waals surface area contributed by atoms with Crippen molar-refractivity contribution in [3.05, 3.63) is 30.7 Å². The number of nitrogens with two attached hydrogens (primary N) is 1. The van der Waals surface area contributed by atoms with E-state index in [9.17, 15) is 9.90 Å². The van der Waals surface area contributed by atoms with Crippen molar-refractivity contribution >= 4 is 28.8 Å². The molecule has 0 aliphatic rings. The van der Waals surface area contributed by atoms with E-state index >= 15 is 0 Å². The summed E-state index contributed by atoms with van der Waals surface area (Å²) >= 11 is 0. The van der Waals surface area contributed by atoms with Crippen LogP contribution in [0.3, 0.4) is 0 Å². The Kier molecular flexibility index (Phi) is 4.61. The average molecular weight is 343 g/mol. The maximum atomic E-state index is 10.7. The van der Waals surface area contributed by atoms with Crippen LogP contribution < -0.4 is 16.4 Å². The molecule has 0 bridgehead atoms. The number of nitrogens with one attached hydrogen (secondary N) is 3. The Labute approximate surface area is 142 Å². The minimum atomic E-state index is -1.15. The summed E-state index contributed by atoms with van der Waals surface area (Å²) < 4.78 is 0. The van der Waals surface area contributed by atoms with Gasteiger partial charge in [-0.15, -0.1) is 0 Å². The van der Waals surface area contributed by atoms with Gasteiger partial charge in [-0.05, 0) is 12.1 Å². The Hall–Kier alpha value is -3.40. The lowest BCUT2D eigenvalue weighted by Gasteiger charge is -2.18. The van der Waals surface area contributed by atoms with Gasteiger partial charge in [-0.2, -0.15) is 0 Å². The number of carbonyl (C=O) groups is 1. The van der Waals surface area contributed by atoms with Crippen LogP contribution in [0.1, 0.15) is 0 Å². The number of anilines is 2. The monoisotopic (exact) mass is 343 g/mol. The zero-order valence-corrected chi connectivity index (χ0v) is 13.1. The van der Waals surface area contributed by atoms with Crippen LogP contribution in [0.2, 0.25) is 0 Å². The van der Waals surface area contributed by atoms with Crippen LogP contribution in [0.15, 0.2) is 30.7 Å². The zero-order chi connectivity index (χ0) is 17.8. The average Bonchev–Trinajstić information content (AvgIpc) is 3.03. The highest BCUT2D eigenvalue weighted by atomic mass is 16.4. The Morgan fingerprint density at radius 2 is 2.12 bits per heavy atom. The number of pyridine rings is 1. The lowest BCUT2D eigenvalue weighted by atomic mass is 10.1. The van der Waals surface area contributed by atoms with Gasteiger partial charge in [0.15, 0.2) is 0 Å².